The number of hydrogen-bond donors (Lipinski definition) is 2. The van der Waals surface area contributed by atoms with Gasteiger partial charge in [-0.1, -0.05) is 11.8 Å². The Kier molecular flexibility index (Phi) is 7.51. The highest BCUT2D eigenvalue weighted by Gasteiger charge is 2.16. The number of nitrogens with zero attached hydrogens (tertiary/aromatic N) is 1. The molecule has 4 aromatic rings. The number of imidazole rings is 1. The molecule has 0 aliphatic carbocycles. The fourth-order valence-electron chi connectivity index (χ4n) is 3.93. The average molecular weight is 518 g/mol. The first kappa shape index (κ1) is 24.6. The van der Waals surface area contributed by atoms with Gasteiger partial charge in [-0.25, -0.2) is 4.98 Å². The van der Waals surface area contributed by atoms with Crippen LogP contribution in [-0.4, -0.2) is 49.1 Å². The second-order valence-electron chi connectivity index (χ2n) is 8.23. The number of hydrogen-bond acceptors (Lipinski definition) is 7. The number of aromatic amines is 1. The minimum Gasteiger partial charge on any atom is -0.497 e. The maximum atomic E-state index is 12.6. The fourth-order valence-corrected chi connectivity index (χ4v) is 4.74. The van der Waals surface area contributed by atoms with Crippen LogP contribution < -0.4 is 24.3 Å². The van der Waals surface area contributed by atoms with Crippen LogP contribution in [0.15, 0.2) is 71.9 Å². The Bertz CT molecular complexity index is 1300. The van der Waals surface area contributed by atoms with E-state index in [-0.39, 0.29) is 5.91 Å². The molecule has 0 unspecified atom stereocenters. The monoisotopic (exact) mass is 517 g/mol. The summed E-state index contributed by atoms with van der Waals surface area (Å²) in [6.07, 6.45) is 0.329. The Labute approximate surface area is 219 Å². The molecule has 9 heteroatoms. The van der Waals surface area contributed by atoms with E-state index in [1.165, 1.54) is 11.8 Å². The summed E-state index contributed by atoms with van der Waals surface area (Å²) in [5, 5.41) is 3.67. The van der Waals surface area contributed by atoms with E-state index in [0.29, 0.717) is 42.6 Å². The molecular formula is C28H27N3O5S. The summed E-state index contributed by atoms with van der Waals surface area (Å²) in [5.74, 6) is 3.39. The molecule has 3 aromatic carbocycles. The van der Waals surface area contributed by atoms with Crippen LogP contribution in [0, 0.1) is 0 Å². The fraction of sp³-hybridized carbons (Fsp3) is 0.214. The molecule has 0 atom stereocenters. The van der Waals surface area contributed by atoms with Crippen LogP contribution in [0.25, 0.3) is 22.5 Å². The number of ether oxygens (including phenoxy) is 4. The third-order valence-corrected chi connectivity index (χ3v) is 6.69. The van der Waals surface area contributed by atoms with E-state index in [1.807, 2.05) is 60.7 Å². The number of aromatic nitrogens is 2. The number of anilines is 1. The van der Waals surface area contributed by atoms with Crippen molar-refractivity contribution in [3.8, 4) is 45.5 Å². The van der Waals surface area contributed by atoms with Gasteiger partial charge in [0.25, 0.3) is 0 Å². The quantitative estimate of drug-likeness (QED) is 0.277. The van der Waals surface area contributed by atoms with Gasteiger partial charge in [0.05, 0.1) is 25.6 Å². The first-order valence-electron chi connectivity index (χ1n) is 11.8. The van der Waals surface area contributed by atoms with Crippen molar-refractivity contribution in [1.29, 1.82) is 0 Å². The largest absolute Gasteiger partial charge is 0.497 e. The minimum atomic E-state index is -0.0820. The third-order valence-electron chi connectivity index (χ3n) is 5.82. The molecular weight excluding hydrogens is 490 g/mol. The number of nitrogens with one attached hydrogen (secondary N) is 2. The smallest absolute Gasteiger partial charge is 0.225 e. The van der Waals surface area contributed by atoms with Gasteiger partial charge < -0.3 is 29.2 Å². The van der Waals surface area contributed by atoms with Gasteiger partial charge in [-0.15, -0.1) is 0 Å². The van der Waals surface area contributed by atoms with E-state index >= 15 is 0 Å². The van der Waals surface area contributed by atoms with Crippen molar-refractivity contribution in [2.45, 2.75) is 11.6 Å². The van der Waals surface area contributed by atoms with Gasteiger partial charge in [-0.2, -0.15) is 0 Å². The highest BCUT2D eigenvalue weighted by molar-refractivity contribution is 7.99. The number of carbonyl (C=O) groups is 1. The number of amides is 1. The van der Waals surface area contributed by atoms with E-state index in [4.69, 9.17) is 23.9 Å². The van der Waals surface area contributed by atoms with Crippen LogP contribution in [0.2, 0.25) is 0 Å². The SMILES string of the molecule is COc1ccc(-c2nc(SCCC(=O)Nc3ccc4c(c3)OCCO4)[nH]c2-c2ccc(OC)cc2)cc1. The second kappa shape index (κ2) is 11.3. The second-order valence-corrected chi connectivity index (χ2v) is 9.31. The molecule has 5 rings (SSSR count). The van der Waals surface area contributed by atoms with Crippen molar-refractivity contribution in [2.75, 3.05) is 38.5 Å². The van der Waals surface area contributed by atoms with Crippen molar-refractivity contribution in [1.82, 2.24) is 9.97 Å². The number of fused-ring (bicyclic) bond motifs is 1. The molecule has 1 aromatic heterocycles. The predicted molar refractivity (Wildman–Crippen MR) is 144 cm³/mol. The van der Waals surface area contributed by atoms with Crippen LogP contribution in [0.3, 0.4) is 0 Å². The zero-order valence-electron chi connectivity index (χ0n) is 20.6. The van der Waals surface area contributed by atoms with Crippen molar-refractivity contribution < 1.29 is 23.7 Å². The molecule has 1 aliphatic heterocycles. The lowest BCUT2D eigenvalue weighted by atomic mass is 10.0. The summed E-state index contributed by atoms with van der Waals surface area (Å²) in [7, 11) is 3.29. The van der Waals surface area contributed by atoms with E-state index < -0.39 is 0 Å². The predicted octanol–water partition coefficient (Wildman–Crippen LogP) is 5.65. The summed E-state index contributed by atoms with van der Waals surface area (Å²) < 4.78 is 21.7. The summed E-state index contributed by atoms with van der Waals surface area (Å²) in [4.78, 5) is 20.9. The summed E-state index contributed by atoms with van der Waals surface area (Å²) in [5.41, 5.74) is 4.36. The number of methoxy groups -OCH3 is 2. The number of carbonyl (C=O) groups excluding carboxylic acids is 1. The van der Waals surface area contributed by atoms with Gasteiger partial charge in [-0.05, 0) is 60.7 Å². The van der Waals surface area contributed by atoms with Crippen molar-refractivity contribution in [3.63, 3.8) is 0 Å². The molecule has 37 heavy (non-hydrogen) atoms. The lowest BCUT2D eigenvalue weighted by Gasteiger charge is -2.19. The molecule has 0 bridgehead atoms. The molecule has 0 saturated heterocycles. The topological polar surface area (TPSA) is 94.7 Å². The Morgan fingerprint density at radius 3 is 2.24 bits per heavy atom. The van der Waals surface area contributed by atoms with Gasteiger partial charge in [-0.3, -0.25) is 4.79 Å². The summed E-state index contributed by atoms with van der Waals surface area (Å²) in [6, 6.07) is 21.0. The number of rotatable bonds is 9. The molecule has 1 amide bonds. The normalized spacial score (nSPS) is 12.2. The molecule has 190 valence electrons. The minimum absolute atomic E-state index is 0.0820. The highest BCUT2D eigenvalue weighted by atomic mass is 32.2. The maximum Gasteiger partial charge on any atom is 0.225 e. The van der Waals surface area contributed by atoms with Gasteiger partial charge in [0, 0.05) is 35.1 Å². The first-order chi connectivity index (χ1) is 18.1. The molecule has 0 fully saturated rings. The molecule has 1 aliphatic rings. The van der Waals surface area contributed by atoms with Gasteiger partial charge in [0.1, 0.15) is 24.7 Å². The van der Waals surface area contributed by atoms with Gasteiger partial charge >= 0.3 is 0 Å². The highest BCUT2D eigenvalue weighted by Crippen LogP contribution is 2.35. The van der Waals surface area contributed by atoms with Crippen LogP contribution in [0.1, 0.15) is 6.42 Å². The van der Waals surface area contributed by atoms with Crippen molar-refractivity contribution in [2.24, 2.45) is 0 Å². The third kappa shape index (κ3) is 5.83. The molecule has 0 saturated carbocycles. The van der Waals surface area contributed by atoms with Gasteiger partial charge in [0.15, 0.2) is 16.7 Å². The number of benzene rings is 3. The van der Waals surface area contributed by atoms with E-state index in [9.17, 15) is 4.79 Å². The van der Waals surface area contributed by atoms with Crippen molar-refractivity contribution in [3.05, 3.63) is 66.7 Å². The molecule has 2 N–H and O–H groups in total. The van der Waals surface area contributed by atoms with E-state index in [1.54, 1.807) is 20.3 Å². The maximum absolute atomic E-state index is 12.6. The average Bonchev–Trinajstić information content (AvgIpc) is 3.37. The Morgan fingerprint density at radius 2 is 1.57 bits per heavy atom. The summed E-state index contributed by atoms with van der Waals surface area (Å²) in [6.45, 7) is 1.03. The first-order valence-corrected chi connectivity index (χ1v) is 12.8. The Balaban J connectivity index is 1.28. The van der Waals surface area contributed by atoms with Crippen molar-refractivity contribution >= 4 is 23.4 Å². The number of thioether (sulfide) groups is 1. The Morgan fingerprint density at radius 1 is 0.919 bits per heavy atom. The zero-order valence-corrected chi connectivity index (χ0v) is 21.4. The standard InChI is InChI=1S/C28H27N3O5S/c1-33-21-8-3-18(4-9-21)26-27(19-5-10-22(34-2)11-6-19)31-28(30-26)37-16-13-25(32)29-20-7-12-23-24(17-20)36-15-14-35-23/h3-12,17H,13-16H2,1-2H3,(H,29,32)(H,30,31). The lowest BCUT2D eigenvalue weighted by Crippen LogP contribution is -2.16. The Hall–Kier alpha value is -4.11. The number of H-pyrrole nitrogens is 1. The van der Waals surface area contributed by atoms with Crippen LogP contribution in [0.4, 0.5) is 5.69 Å². The molecule has 8 nitrogen and oxygen atoms in total. The van der Waals surface area contributed by atoms with Crippen LogP contribution in [-0.2, 0) is 4.79 Å². The van der Waals surface area contributed by atoms with Crippen LogP contribution >= 0.6 is 11.8 Å². The molecule has 0 radical (unpaired) electrons. The van der Waals surface area contributed by atoms with E-state index in [0.717, 1.165) is 39.2 Å². The molecule has 2 heterocycles. The van der Waals surface area contributed by atoms with Crippen LogP contribution in [0.5, 0.6) is 23.0 Å². The summed E-state index contributed by atoms with van der Waals surface area (Å²) >= 11 is 1.50. The lowest BCUT2D eigenvalue weighted by molar-refractivity contribution is -0.115. The van der Waals surface area contributed by atoms with Gasteiger partial charge in [0.2, 0.25) is 5.91 Å². The van der Waals surface area contributed by atoms with E-state index in [2.05, 4.69) is 10.3 Å². The molecule has 0 spiro atoms. The zero-order chi connectivity index (χ0) is 25.6.